The van der Waals surface area contributed by atoms with Crippen LogP contribution in [0, 0.1) is 0 Å². The number of carboxylic acids is 1. The molecule has 1 fully saturated rings. The maximum absolute atomic E-state index is 12.6. The molecule has 32 heavy (non-hydrogen) atoms. The largest absolute Gasteiger partial charge is 0.480 e. The van der Waals surface area contributed by atoms with Crippen molar-refractivity contribution < 1.29 is 19.4 Å². The van der Waals surface area contributed by atoms with Gasteiger partial charge in [-0.1, -0.05) is 48.5 Å². The van der Waals surface area contributed by atoms with Crippen LogP contribution in [-0.4, -0.2) is 44.6 Å². The van der Waals surface area contributed by atoms with Gasteiger partial charge in [-0.2, -0.15) is 5.10 Å². The molecule has 0 spiro atoms. The predicted octanol–water partition coefficient (Wildman–Crippen LogP) is 3.71. The van der Waals surface area contributed by atoms with Gasteiger partial charge in [-0.25, -0.2) is 19.3 Å². The highest BCUT2D eigenvalue weighted by Crippen LogP contribution is 2.44. The van der Waals surface area contributed by atoms with Crippen molar-refractivity contribution in [3.63, 3.8) is 0 Å². The van der Waals surface area contributed by atoms with E-state index in [4.69, 9.17) is 4.74 Å². The van der Waals surface area contributed by atoms with Crippen LogP contribution in [0.3, 0.4) is 0 Å². The molecular weight excluding hydrogens is 408 g/mol. The minimum Gasteiger partial charge on any atom is -0.480 e. The molecule has 0 bridgehead atoms. The number of aromatic nitrogens is 3. The van der Waals surface area contributed by atoms with Gasteiger partial charge >= 0.3 is 12.1 Å². The standard InChI is InChI=1S/C24H24N4O4/c1-14(28-13-25-22(27-28)15-10-11-15)21(23(29)30)26-24(31)32-12-20-18-8-4-2-6-16(18)17-7-3-5-9-19(17)20/h2-9,13-15,20-21H,10-12H2,1H3,(H,26,31)(H,29,30). The van der Waals surface area contributed by atoms with E-state index in [1.807, 2.05) is 36.4 Å². The average molecular weight is 432 g/mol. The van der Waals surface area contributed by atoms with Gasteiger partial charge in [0.15, 0.2) is 11.9 Å². The number of nitrogens with one attached hydrogen (secondary N) is 1. The molecule has 1 aromatic heterocycles. The van der Waals surface area contributed by atoms with Crippen LogP contribution in [0.2, 0.25) is 0 Å². The molecule has 2 N–H and O–H groups in total. The third-order valence-corrected chi connectivity index (χ3v) is 6.25. The topological polar surface area (TPSA) is 106 Å². The maximum atomic E-state index is 12.6. The Bertz CT molecular complexity index is 1120. The first-order valence-electron chi connectivity index (χ1n) is 10.8. The second-order valence-electron chi connectivity index (χ2n) is 8.38. The van der Waals surface area contributed by atoms with Gasteiger partial charge in [0.1, 0.15) is 12.9 Å². The molecule has 8 heteroatoms. The first-order valence-corrected chi connectivity index (χ1v) is 10.8. The lowest BCUT2D eigenvalue weighted by molar-refractivity contribution is -0.140. The highest BCUT2D eigenvalue weighted by molar-refractivity contribution is 5.81. The first kappa shape index (κ1) is 20.2. The lowest BCUT2D eigenvalue weighted by Crippen LogP contribution is -2.46. The number of fused-ring (bicyclic) bond motifs is 3. The summed E-state index contributed by atoms with van der Waals surface area (Å²) in [6, 6.07) is 14.3. The van der Waals surface area contributed by atoms with E-state index in [0.717, 1.165) is 40.9 Å². The van der Waals surface area contributed by atoms with Crippen LogP contribution in [0.15, 0.2) is 54.9 Å². The zero-order chi connectivity index (χ0) is 22.2. The molecule has 1 saturated carbocycles. The van der Waals surface area contributed by atoms with E-state index in [0.29, 0.717) is 5.92 Å². The number of alkyl carbamates (subject to hydrolysis) is 1. The maximum Gasteiger partial charge on any atom is 0.407 e. The van der Waals surface area contributed by atoms with E-state index in [9.17, 15) is 14.7 Å². The van der Waals surface area contributed by atoms with Crippen molar-refractivity contribution >= 4 is 12.1 Å². The quantitative estimate of drug-likeness (QED) is 0.590. The number of carboxylic acid groups (broad SMARTS) is 1. The molecule has 1 heterocycles. The summed E-state index contributed by atoms with van der Waals surface area (Å²) in [6.45, 7) is 1.81. The minimum atomic E-state index is -1.19. The van der Waals surface area contributed by atoms with Gasteiger partial charge in [0.05, 0.1) is 6.04 Å². The van der Waals surface area contributed by atoms with Gasteiger partial charge in [0, 0.05) is 11.8 Å². The normalized spacial score (nSPS) is 16.7. The van der Waals surface area contributed by atoms with E-state index in [1.54, 1.807) is 6.92 Å². The van der Waals surface area contributed by atoms with Crippen LogP contribution < -0.4 is 5.32 Å². The molecule has 164 valence electrons. The van der Waals surface area contributed by atoms with Gasteiger partial charge in [0.2, 0.25) is 0 Å². The number of amides is 1. The van der Waals surface area contributed by atoms with Crippen LogP contribution in [-0.2, 0) is 9.53 Å². The molecule has 1 amide bonds. The monoisotopic (exact) mass is 432 g/mol. The van der Waals surface area contributed by atoms with E-state index in [2.05, 4.69) is 27.5 Å². The van der Waals surface area contributed by atoms with Gasteiger partial charge in [-0.05, 0) is 42.0 Å². The molecule has 0 radical (unpaired) electrons. The summed E-state index contributed by atoms with van der Waals surface area (Å²) in [5.41, 5.74) is 4.46. The molecule has 2 atom stereocenters. The van der Waals surface area contributed by atoms with E-state index in [-0.39, 0.29) is 12.5 Å². The Hall–Kier alpha value is -3.68. The molecule has 0 saturated heterocycles. The zero-order valence-corrected chi connectivity index (χ0v) is 17.6. The fourth-order valence-corrected chi connectivity index (χ4v) is 4.32. The summed E-state index contributed by atoms with van der Waals surface area (Å²) >= 11 is 0. The van der Waals surface area contributed by atoms with Crippen molar-refractivity contribution in [1.82, 2.24) is 20.1 Å². The SMILES string of the molecule is CC(C(NC(=O)OCC1c2ccccc2-c2ccccc21)C(=O)O)n1cnc(C2CC2)n1. The van der Waals surface area contributed by atoms with Crippen LogP contribution in [0.1, 0.15) is 54.6 Å². The number of rotatable bonds is 7. The summed E-state index contributed by atoms with van der Waals surface area (Å²) in [6.07, 6.45) is 2.86. The van der Waals surface area contributed by atoms with Gasteiger partial charge in [-0.3, -0.25) is 0 Å². The fourth-order valence-electron chi connectivity index (χ4n) is 4.32. The van der Waals surface area contributed by atoms with Crippen molar-refractivity contribution in [2.45, 2.75) is 43.7 Å². The van der Waals surface area contributed by atoms with E-state index in [1.165, 1.54) is 11.0 Å². The molecule has 8 nitrogen and oxygen atoms in total. The predicted molar refractivity (Wildman–Crippen MR) is 116 cm³/mol. The summed E-state index contributed by atoms with van der Waals surface area (Å²) in [5.74, 6) is -0.163. The number of aliphatic carboxylic acids is 1. The van der Waals surface area contributed by atoms with E-state index >= 15 is 0 Å². The Morgan fingerprint density at radius 2 is 1.75 bits per heavy atom. The third kappa shape index (κ3) is 3.72. The van der Waals surface area contributed by atoms with Crippen molar-refractivity contribution in [1.29, 1.82) is 0 Å². The Morgan fingerprint density at radius 1 is 1.12 bits per heavy atom. The Balaban J connectivity index is 1.27. The van der Waals surface area contributed by atoms with Gasteiger partial charge in [0.25, 0.3) is 0 Å². The summed E-state index contributed by atoms with van der Waals surface area (Å²) in [7, 11) is 0. The van der Waals surface area contributed by atoms with Crippen molar-refractivity contribution in [2.75, 3.05) is 6.61 Å². The second kappa shape index (κ2) is 8.11. The Labute approximate surface area is 185 Å². The highest BCUT2D eigenvalue weighted by Gasteiger charge is 2.33. The number of carbonyl (C=O) groups is 2. The average Bonchev–Trinajstić information content (AvgIpc) is 3.44. The number of benzene rings is 2. The smallest absolute Gasteiger partial charge is 0.407 e. The fraction of sp³-hybridized carbons (Fsp3) is 0.333. The highest BCUT2D eigenvalue weighted by atomic mass is 16.5. The number of nitrogens with zero attached hydrogens (tertiary/aromatic N) is 3. The second-order valence-corrected chi connectivity index (χ2v) is 8.38. The number of carbonyl (C=O) groups excluding carboxylic acids is 1. The van der Waals surface area contributed by atoms with Crippen LogP contribution >= 0.6 is 0 Å². The molecule has 2 aliphatic rings. The van der Waals surface area contributed by atoms with Crippen LogP contribution in [0.25, 0.3) is 11.1 Å². The molecule has 5 rings (SSSR count). The molecule has 2 aromatic carbocycles. The van der Waals surface area contributed by atoms with Crippen molar-refractivity contribution in [3.8, 4) is 11.1 Å². The summed E-state index contributed by atoms with van der Waals surface area (Å²) in [5, 5.41) is 16.6. The number of hydrogen-bond donors (Lipinski definition) is 2. The molecular formula is C24H24N4O4. The lowest BCUT2D eigenvalue weighted by atomic mass is 9.98. The van der Waals surface area contributed by atoms with Crippen LogP contribution in [0.5, 0.6) is 0 Å². The first-order chi connectivity index (χ1) is 15.5. The van der Waals surface area contributed by atoms with Crippen molar-refractivity contribution in [2.24, 2.45) is 0 Å². The third-order valence-electron chi connectivity index (χ3n) is 6.25. The Morgan fingerprint density at radius 3 is 2.34 bits per heavy atom. The molecule has 2 unspecified atom stereocenters. The lowest BCUT2D eigenvalue weighted by Gasteiger charge is -2.22. The van der Waals surface area contributed by atoms with E-state index < -0.39 is 24.1 Å². The molecule has 3 aromatic rings. The summed E-state index contributed by atoms with van der Waals surface area (Å²) in [4.78, 5) is 28.7. The Kier molecular flexibility index (Phi) is 5.13. The number of hydrogen-bond acceptors (Lipinski definition) is 5. The van der Waals surface area contributed by atoms with Gasteiger partial charge < -0.3 is 15.2 Å². The van der Waals surface area contributed by atoms with Crippen molar-refractivity contribution in [3.05, 3.63) is 71.8 Å². The van der Waals surface area contributed by atoms with Gasteiger partial charge in [-0.15, -0.1) is 0 Å². The molecule has 0 aliphatic heterocycles. The van der Waals surface area contributed by atoms with Crippen LogP contribution in [0.4, 0.5) is 4.79 Å². The summed E-state index contributed by atoms with van der Waals surface area (Å²) < 4.78 is 7.00. The molecule has 2 aliphatic carbocycles. The minimum absolute atomic E-state index is 0.0923. The number of ether oxygens (including phenoxy) is 1. The zero-order valence-electron chi connectivity index (χ0n) is 17.6.